The number of benzene rings is 1. The number of hydrogen-bond donors (Lipinski definition) is 2. The second-order valence-electron chi connectivity index (χ2n) is 4.97. The smallest absolute Gasteiger partial charge is 0.303 e. The zero-order chi connectivity index (χ0) is 15.0. The van der Waals surface area contributed by atoms with E-state index in [0.717, 1.165) is 18.5 Å². The maximum atomic E-state index is 13.5. The molecule has 1 atom stereocenters. The van der Waals surface area contributed by atoms with Crippen molar-refractivity contribution in [3.8, 4) is 5.75 Å². The normalized spacial score (nSPS) is 12.2. The van der Waals surface area contributed by atoms with E-state index < -0.39 is 5.97 Å². The van der Waals surface area contributed by atoms with Crippen LogP contribution in [0.2, 0.25) is 0 Å². The molecule has 0 saturated heterocycles. The maximum absolute atomic E-state index is 13.5. The van der Waals surface area contributed by atoms with Gasteiger partial charge in [0, 0.05) is 13.0 Å². The van der Waals surface area contributed by atoms with Gasteiger partial charge in [-0.1, -0.05) is 13.0 Å². The maximum Gasteiger partial charge on any atom is 0.303 e. The summed E-state index contributed by atoms with van der Waals surface area (Å²) in [6, 6.07) is 4.89. The zero-order valence-corrected chi connectivity index (χ0v) is 12.0. The molecule has 0 amide bonds. The molecule has 0 spiro atoms. The summed E-state index contributed by atoms with van der Waals surface area (Å²) in [5.74, 6) is -0.498. The Hall–Kier alpha value is -1.62. The fourth-order valence-electron chi connectivity index (χ4n) is 1.92. The number of halogens is 1. The number of nitrogens with one attached hydrogen (secondary N) is 1. The molecule has 2 N–H and O–H groups in total. The lowest BCUT2D eigenvalue weighted by atomic mass is 10.0. The lowest BCUT2D eigenvalue weighted by Gasteiger charge is -2.11. The fraction of sp³-hybridized carbons (Fsp3) is 0.533. The number of aliphatic carboxylic acids is 1. The van der Waals surface area contributed by atoms with Gasteiger partial charge in [-0.25, -0.2) is 4.39 Å². The van der Waals surface area contributed by atoms with E-state index in [-0.39, 0.29) is 18.0 Å². The summed E-state index contributed by atoms with van der Waals surface area (Å²) in [4.78, 5) is 10.4. The van der Waals surface area contributed by atoms with Crippen molar-refractivity contribution in [1.29, 1.82) is 0 Å². The molecule has 112 valence electrons. The summed E-state index contributed by atoms with van der Waals surface area (Å²) in [7, 11) is 1.44. The highest BCUT2D eigenvalue weighted by atomic mass is 19.1. The molecule has 0 aliphatic heterocycles. The Bertz CT molecular complexity index is 437. The monoisotopic (exact) mass is 283 g/mol. The summed E-state index contributed by atoms with van der Waals surface area (Å²) >= 11 is 0. The third-order valence-electron chi connectivity index (χ3n) is 3.21. The van der Waals surface area contributed by atoms with E-state index in [4.69, 9.17) is 9.84 Å². The number of carboxylic acids is 1. The molecule has 0 radical (unpaired) electrons. The van der Waals surface area contributed by atoms with Crippen LogP contribution >= 0.6 is 0 Å². The van der Waals surface area contributed by atoms with Gasteiger partial charge in [0.2, 0.25) is 0 Å². The predicted molar refractivity (Wildman–Crippen MR) is 75.3 cm³/mol. The first-order valence-corrected chi connectivity index (χ1v) is 6.78. The number of carbonyl (C=O) groups is 1. The number of ether oxygens (including phenoxy) is 1. The zero-order valence-electron chi connectivity index (χ0n) is 12.0. The van der Waals surface area contributed by atoms with Crippen LogP contribution in [0, 0.1) is 11.7 Å². The fourth-order valence-corrected chi connectivity index (χ4v) is 1.92. The van der Waals surface area contributed by atoms with Crippen LogP contribution in [0.25, 0.3) is 0 Å². The average Bonchev–Trinajstić information content (AvgIpc) is 2.41. The summed E-state index contributed by atoms with van der Waals surface area (Å²) < 4.78 is 18.3. The molecule has 1 aromatic rings. The van der Waals surface area contributed by atoms with E-state index in [0.29, 0.717) is 18.9 Å². The summed E-state index contributed by atoms with van der Waals surface area (Å²) in [6.45, 7) is 3.42. The highest BCUT2D eigenvalue weighted by Gasteiger charge is 2.06. The topological polar surface area (TPSA) is 58.6 Å². The molecule has 0 aromatic heterocycles. The predicted octanol–water partition coefficient (Wildman–Crippen LogP) is 2.81. The highest BCUT2D eigenvalue weighted by Crippen LogP contribution is 2.17. The van der Waals surface area contributed by atoms with Crippen molar-refractivity contribution in [2.24, 2.45) is 5.92 Å². The molecule has 0 aliphatic carbocycles. The second-order valence-corrected chi connectivity index (χ2v) is 4.97. The Morgan fingerprint density at radius 1 is 1.45 bits per heavy atom. The summed E-state index contributed by atoms with van der Waals surface area (Å²) in [6.07, 6.45) is 1.81. The van der Waals surface area contributed by atoms with Gasteiger partial charge in [0.25, 0.3) is 0 Å². The van der Waals surface area contributed by atoms with Gasteiger partial charge in [-0.2, -0.15) is 0 Å². The van der Waals surface area contributed by atoms with E-state index in [1.54, 1.807) is 6.07 Å². The van der Waals surface area contributed by atoms with Crippen LogP contribution in [0.15, 0.2) is 18.2 Å². The molecule has 0 bridgehead atoms. The van der Waals surface area contributed by atoms with Gasteiger partial charge in [-0.3, -0.25) is 4.79 Å². The van der Waals surface area contributed by atoms with Crippen molar-refractivity contribution < 1.29 is 19.0 Å². The van der Waals surface area contributed by atoms with Gasteiger partial charge in [-0.05, 0) is 43.0 Å². The molecule has 4 nitrogen and oxygen atoms in total. The molecule has 1 aromatic carbocycles. The lowest BCUT2D eigenvalue weighted by molar-refractivity contribution is -0.137. The van der Waals surface area contributed by atoms with Gasteiger partial charge in [0.15, 0.2) is 11.6 Å². The summed E-state index contributed by atoms with van der Waals surface area (Å²) in [5.41, 5.74) is 0.862. The Kier molecular flexibility index (Phi) is 7.01. The Labute approximate surface area is 119 Å². The average molecular weight is 283 g/mol. The van der Waals surface area contributed by atoms with Crippen LogP contribution in [0.3, 0.4) is 0 Å². The van der Waals surface area contributed by atoms with Crippen molar-refractivity contribution in [3.63, 3.8) is 0 Å². The molecule has 0 heterocycles. The van der Waals surface area contributed by atoms with Crippen molar-refractivity contribution in [1.82, 2.24) is 5.32 Å². The molecule has 20 heavy (non-hydrogen) atoms. The number of carboxylic acid groups (broad SMARTS) is 1. The molecular weight excluding hydrogens is 261 g/mol. The van der Waals surface area contributed by atoms with Crippen LogP contribution < -0.4 is 10.1 Å². The molecule has 5 heteroatoms. The lowest BCUT2D eigenvalue weighted by Crippen LogP contribution is -2.17. The van der Waals surface area contributed by atoms with E-state index >= 15 is 0 Å². The second kappa shape index (κ2) is 8.53. The van der Waals surface area contributed by atoms with Crippen LogP contribution in [-0.4, -0.2) is 24.7 Å². The number of rotatable bonds is 9. The molecule has 1 unspecified atom stereocenters. The third-order valence-corrected chi connectivity index (χ3v) is 3.21. The SMILES string of the molecule is COc1ccc(CNCCC(C)CCC(=O)O)cc1F. The van der Waals surface area contributed by atoms with Crippen molar-refractivity contribution >= 4 is 5.97 Å². The molecule has 1 rings (SSSR count). The molecule has 0 saturated carbocycles. The van der Waals surface area contributed by atoms with Crippen molar-refractivity contribution in [2.45, 2.75) is 32.7 Å². The van der Waals surface area contributed by atoms with Crippen LogP contribution in [0.1, 0.15) is 31.7 Å². The van der Waals surface area contributed by atoms with Gasteiger partial charge >= 0.3 is 5.97 Å². The first kappa shape index (κ1) is 16.4. The van der Waals surface area contributed by atoms with E-state index in [1.807, 2.05) is 13.0 Å². The highest BCUT2D eigenvalue weighted by molar-refractivity contribution is 5.66. The largest absolute Gasteiger partial charge is 0.494 e. The van der Waals surface area contributed by atoms with Gasteiger partial charge in [0.1, 0.15) is 0 Å². The first-order valence-electron chi connectivity index (χ1n) is 6.78. The van der Waals surface area contributed by atoms with Gasteiger partial charge in [-0.15, -0.1) is 0 Å². The standard InChI is InChI=1S/C15H22FNO3/c1-11(3-6-15(18)19)7-8-17-10-12-4-5-14(20-2)13(16)9-12/h4-5,9,11,17H,3,6-8,10H2,1-2H3,(H,18,19). The molecule has 0 fully saturated rings. The minimum Gasteiger partial charge on any atom is -0.494 e. The minimum atomic E-state index is -0.751. The van der Waals surface area contributed by atoms with E-state index in [9.17, 15) is 9.18 Å². The Morgan fingerprint density at radius 3 is 2.80 bits per heavy atom. The Balaban J connectivity index is 2.24. The summed E-state index contributed by atoms with van der Waals surface area (Å²) in [5, 5.41) is 11.8. The third kappa shape index (κ3) is 6.02. The van der Waals surface area contributed by atoms with E-state index in [2.05, 4.69) is 5.32 Å². The number of methoxy groups -OCH3 is 1. The molecular formula is C15H22FNO3. The van der Waals surface area contributed by atoms with Crippen LogP contribution in [0.5, 0.6) is 5.75 Å². The first-order chi connectivity index (χ1) is 9.52. The minimum absolute atomic E-state index is 0.213. The van der Waals surface area contributed by atoms with E-state index in [1.165, 1.54) is 13.2 Å². The van der Waals surface area contributed by atoms with Crippen LogP contribution in [-0.2, 0) is 11.3 Å². The quantitative estimate of drug-likeness (QED) is 0.684. The van der Waals surface area contributed by atoms with Crippen molar-refractivity contribution in [3.05, 3.63) is 29.6 Å². The van der Waals surface area contributed by atoms with Crippen LogP contribution in [0.4, 0.5) is 4.39 Å². The molecule has 0 aliphatic rings. The van der Waals surface area contributed by atoms with Gasteiger partial charge < -0.3 is 15.2 Å². The Morgan fingerprint density at radius 2 is 2.20 bits per heavy atom. The van der Waals surface area contributed by atoms with Gasteiger partial charge in [0.05, 0.1) is 7.11 Å². The number of hydrogen-bond acceptors (Lipinski definition) is 3. The van der Waals surface area contributed by atoms with Crippen molar-refractivity contribution in [2.75, 3.05) is 13.7 Å².